The van der Waals surface area contributed by atoms with Crippen LogP contribution in [-0.2, 0) is 26.1 Å². The Labute approximate surface area is 218 Å². The van der Waals surface area contributed by atoms with Crippen molar-refractivity contribution >= 4 is 5.91 Å². The number of aromatic amines is 1. The molecule has 192 valence electrons. The molecular weight excluding hydrogens is 483 g/mol. The zero-order valence-corrected chi connectivity index (χ0v) is 21.0. The summed E-state index contributed by atoms with van der Waals surface area (Å²) in [5.41, 5.74) is 4.63. The maximum absolute atomic E-state index is 14.3. The van der Waals surface area contributed by atoms with Crippen LogP contribution in [0.1, 0.15) is 40.7 Å². The van der Waals surface area contributed by atoms with Crippen LogP contribution in [0.2, 0.25) is 0 Å². The van der Waals surface area contributed by atoms with E-state index in [2.05, 4.69) is 20.6 Å². The van der Waals surface area contributed by atoms with Crippen LogP contribution in [0.5, 0.6) is 0 Å². The van der Waals surface area contributed by atoms with Crippen molar-refractivity contribution in [1.82, 2.24) is 29.8 Å². The number of alkyl halides is 1. The lowest BCUT2D eigenvalue weighted by atomic mass is 9.98. The molecule has 3 aromatic carbocycles. The molecule has 0 aliphatic carbocycles. The molecule has 0 fully saturated rings. The monoisotopic (exact) mass is 510 g/mol. The Balaban J connectivity index is 1.47. The zero-order chi connectivity index (χ0) is 26.5. The number of carbonyl (C=O) groups is 1. The molecule has 0 saturated heterocycles. The van der Waals surface area contributed by atoms with E-state index in [1.54, 1.807) is 0 Å². The molecule has 0 radical (unpaired) electrons. The van der Waals surface area contributed by atoms with E-state index < -0.39 is 18.3 Å². The van der Waals surface area contributed by atoms with Crippen LogP contribution in [0.25, 0.3) is 22.5 Å². The van der Waals surface area contributed by atoms with E-state index in [0.717, 1.165) is 38.8 Å². The molecule has 0 aliphatic heterocycles. The second-order valence-electron chi connectivity index (χ2n) is 9.03. The molecule has 0 aliphatic rings. The van der Waals surface area contributed by atoms with Gasteiger partial charge in [-0.25, -0.2) is 18.9 Å². The van der Waals surface area contributed by atoms with Crippen molar-refractivity contribution in [3.05, 3.63) is 112 Å². The maximum atomic E-state index is 14.3. The van der Waals surface area contributed by atoms with Gasteiger partial charge in [0.15, 0.2) is 5.82 Å². The quantitative estimate of drug-likeness (QED) is 0.306. The van der Waals surface area contributed by atoms with Crippen molar-refractivity contribution in [3.63, 3.8) is 0 Å². The van der Waals surface area contributed by atoms with Crippen LogP contribution in [0, 0.1) is 0 Å². The number of benzene rings is 3. The highest BCUT2D eigenvalue weighted by atomic mass is 19.1. The van der Waals surface area contributed by atoms with E-state index in [-0.39, 0.29) is 18.7 Å². The van der Waals surface area contributed by atoms with Crippen molar-refractivity contribution in [1.29, 1.82) is 0 Å². The molecule has 2 heterocycles. The summed E-state index contributed by atoms with van der Waals surface area (Å²) in [4.78, 5) is 26.6. The molecule has 9 heteroatoms. The lowest BCUT2D eigenvalue weighted by Gasteiger charge is -2.10. The number of rotatable bonds is 9. The van der Waals surface area contributed by atoms with Crippen molar-refractivity contribution < 1.29 is 9.18 Å². The molecule has 5 rings (SSSR count). The van der Waals surface area contributed by atoms with Gasteiger partial charge in [-0.05, 0) is 39.1 Å². The topological polar surface area (TPSA) is 98.5 Å². The first-order valence-corrected chi connectivity index (χ1v) is 12.5. The Kier molecular flexibility index (Phi) is 7.35. The zero-order valence-electron chi connectivity index (χ0n) is 21.0. The predicted molar refractivity (Wildman–Crippen MR) is 142 cm³/mol. The molecule has 0 spiro atoms. The number of H-pyrrole nitrogens is 1. The summed E-state index contributed by atoms with van der Waals surface area (Å²) in [6, 6.07) is 24.8. The van der Waals surface area contributed by atoms with Gasteiger partial charge in [0, 0.05) is 11.3 Å². The first-order chi connectivity index (χ1) is 18.6. The number of carbonyl (C=O) groups excluding carboxylic acids is 1. The molecule has 0 bridgehead atoms. The van der Waals surface area contributed by atoms with Gasteiger partial charge in [-0.1, -0.05) is 92.2 Å². The van der Waals surface area contributed by atoms with Gasteiger partial charge in [-0.15, -0.1) is 5.10 Å². The van der Waals surface area contributed by atoms with Crippen LogP contribution in [0.15, 0.2) is 83.7 Å². The van der Waals surface area contributed by atoms with Gasteiger partial charge in [0.25, 0.3) is 0 Å². The molecule has 0 saturated carbocycles. The Morgan fingerprint density at radius 3 is 2.26 bits per heavy atom. The minimum atomic E-state index is -0.885. The van der Waals surface area contributed by atoms with Crippen LogP contribution >= 0.6 is 0 Å². The SMILES string of the molecule is CCCc1c(CF)n(C(=O)Cc2ccccc2)c(=O)n1Cc1ccc(-c2ccccc2-c2nnn[nH]2)cc1. The fraction of sp³-hybridized carbons (Fsp3) is 0.207. The number of aromatic nitrogens is 6. The van der Waals surface area contributed by atoms with Crippen molar-refractivity contribution in [2.75, 3.05) is 0 Å². The first-order valence-electron chi connectivity index (χ1n) is 12.5. The summed E-state index contributed by atoms with van der Waals surface area (Å²) >= 11 is 0. The Hall–Kier alpha value is -4.66. The summed E-state index contributed by atoms with van der Waals surface area (Å²) in [7, 11) is 0. The predicted octanol–water partition coefficient (Wildman–Crippen LogP) is 4.85. The largest absolute Gasteiger partial charge is 0.335 e. The van der Waals surface area contributed by atoms with Crippen LogP contribution in [0.3, 0.4) is 0 Å². The third kappa shape index (κ3) is 4.95. The Bertz CT molecular complexity index is 1590. The summed E-state index contributed by atoms with van der Waals surface area (Å²) < 4.78 is 16.8. The molecule has 2 aromatic heterocycles. The summed E-state index contributed by atoms with van der Waals surface area (Å²) in [5.74, 6) is 0.138. The molecular formula is C29H27FN6O2. The van der Waals surface area contributed by atoms with Crippen LogP contribution in [0.4, 0.5) is 4.39 Å². The van der Waals surface area contributed by atoms with E-state index in [1.165, 1.54) is 4.57 Å². The molecule has 8 nitrogen and oxygen atoms in total. The van der Waals surface area contributed by atoms with Crippen molar-refractivity contribution in [3.8, 4) is 22.5 Å². The lowest BCUT2D eigenvalue weighted by Crippen LogP contribution is -2.31. The van der Waals surface area contributed by atoms with E-state index in [9.17, 15) is 14.0 Å². The van der Waals surface area contributed by atoms with Crippen molar-refractivity contribution in [2.45, 2.75) is 39.4 Å². The van der Waals surface area contributed by atoms with Crippen LogP contribution < -0.4 is 5.69 Å². The average molecular weight is 511 g/mol. The molecule has 5 aromatic rings. The third-order valence-corrected chi connectivity index (χ3v) is 6.55. The average Bonchev–Trinajstić information content (AvgIpc) is 3.57. The Morgan fingerprint density at radius 1 is 0.895 bits per heavy atom. The first kappa shape index (κ1) is 25.0. The maximum Gasteiger partial charge on any atom is 0.335 e. The van der Waals surface area contributed by atoms with Gasteiger partial charge in [0.05, 0.1) is 18.7 Å². The minimum absolute atomic E-state index is 0.0259. The van der Waals surface area contributed by atoms with Gasteiger partial charge < -0.3 is 0 Å². The van der Waals surface area contributed by atoms with Crippen LogP contribution in [-0.4, -0.2) is 35.7 Å². The number of halogens is 1. The fourth-order valence-electron chi connectivity index (χ4n) is 4.75. The number of nitrogens with zero attached hydrogens (tertiary/aromatic N) is 5. The highest BCUT2D eigenvalue weighted by Crippen LogP contribution is 2.30. The molecule has 0 atom stereocenters. The summed E-state index contributed by atoms with van der Waals surface area (Å²) in [6.45, 7) is 1.32. The summed E-state index contributed by atoms with van der Waals surface area (Å²) in [5, 5.41) is 14.2. The number of hydrogen-bond donors (Lipinski definition) is 1. The van der Waals surface area contributed by atoms with Gasteiger partial charge in [-0.3, -0.25) is 9.36 Å². The third-order valence-electron chi connectivity index (χ3n) is 6.55. The molecule has 38 heavy (non-hydrogen) atoms. The second-order valence-corrected chi connectivity index (χ2v) is 9.03. The molecule has 0 amide bonds. The number of hydrogen-bond acceptors (Lipinski definition) is 5. The van der Waals surface area contributed by atoms with Gasteiger partial charge in [0.1, 0.15) is 6.67 Å². The second kappa shape index (κ2) is 11.2. The normalized spacial score (nSPS) is 11.1. The van der Waals surface area contributed by atoms with Gasteiger partial charge in [0.2, 0.25) is 5.91 Å². The number of imidazole rings is 1. The number of tetrazole rings is 1. The fourth-order valence-corrected chi connectivity index (χ4v) is 4.75. The van der Waals surface area contributed by atoms with E-state index in [0.29, 0.717) is 17.9 Å². The van der Waals surface area contributed by atoms with E-state index >= 15 is 0 Å². The highest BCUT2D eigenvalue weighted by molar-refractivity contribution is 5.82. The van der Waals surface area contributed by atoms with E-state index in [4.69, 9.17) is 0 Å². The molecule has 0 unspecified atom stereocenters. The summed E-state index contributed by atoms with van der Waals surface area (Å²) in [6.07, 6.45) is 1.24. The Morgan fingerprint density at radius 2 is 1.61 bits per heavy atom. The molecule has 1 N–H and O–H groups in total. The lowest BCUT2D eigenvalue weighted by molar-refractivity contribution is 0.0903. The van der Waals surface area contributed by atoms with Gasteiger partial charge in [-0.2, -0.15) is 0 Å². The smallest absolute Gasteiger partial charge is 0.291 e. The number of nitrogens with one attached hydrogen (secondary N) is 1. The highest BCUT2D eigenvalue weighted by Gasteiger charge is 2.24. The van der Waals surface area contributed by atoms with Crippen molar-refractivity contribution in [2.24, 2.45) is 0 Å². The van der Waals surface area contributed by atoms with E-state index in [1.807, 2.05) is 85.8 Å². The van der Waals surface area contributed by atoms with Gasteiger partial charge >= 0.3 is 5.69 Å². The minimum Gasteiger partial charge on any atom is -0.291 e. The standard InChI is InChI=1S/C29H27FN6O2/c1-2-8-25-26(18-30)36(27(37)17-20-9-4-3-5-10-20)29(38)35(25)19-21-13-15-22(16-14-21)23-11-6-7-12-24(23)28-31-33-34-32-28/h3-7,9-16H,2,8,17-19H2,1H3,(H,31,32,33,34).